The van der Waals surface area contributed by atoms with Gasteiger partial charge in [0, 0.05) is 18.1 Å². The molecule has 0 saturated carbocycles. The van der Waals surface area contributed by atoms with E-state index in [-0.39, 0.29) is 6.10 Å². The zero-order valence-corrected chi connectivity index (χ0v) is 11.3. The third-order valence-electron chi connectivity index (χ3n) is 2.38. The molecule has 0 spiro atoms. The molecule has 1 aliphatic heterocycles. The summed E-state index contributed by atoms with van der Waals surface area (Å²) in [5.74, 6) is 0.451. The van der Waals surface area contributed by atoms with Crippen molar-refractivity contribution in [3.63, 3.8) is 0 Å². The molecule has 1 saturated heterocycles. The van der Waals surface area contributed by atoms with E-state index in [0.717, 1.165) is 13.1 Å². The number of hydrogen-bond donors (Lipinski definition) is 1. The Balaban J connectivity index is 1.98. The Hall–Kier alpha value is -0.190. The summed E-state index contributed by atoms with van der Waals surface area (Å²) >= 11 is 17.8. The summed E-state index contributed by atoms with van der Waals surface area (Å²) in [5, 5.41) is 4.52. The lowest BCUT2D eigenvalue weighted by Gasteiger charge is -2.24. The maximum atomic E-state index is 6.00. The van der Waals surface area contributed by atoms with E-state index in [0.29, 0.717) is 34.0 Å². The third-order valence-corrected chi connectivity index (χ3v) is 3.16. The Morgan fingerprint density at radius 2 is 2.00 bits per heavy atom. The first-order valence-electron chi connectivity index (χ1n) is 5.26. The molecule has 1 N–H and O–H groups in total. The molecule has 6 heteroatoms. The van der Waals surface area contributed by atoms with Crippen molar-refractivity contribution < 1.29 is 9.47 Å². The van der Waals surface area contributed by atoms with Gasteiger partial charge in [0.15, 0.2) is 5.75 Å². The molecule has 1 heterocycles. The SMILES string of the molecule is Clc1cc(Cl)c(OCC2CNCCO2)c(Cl)c1. The van der Waals surface area contributed by atoms with Gasteiger partial charge in [-0.3, -0.25) is 0 Å². The lowest BCUT2D eigenvalue weighted by atomic mass is 10.3. The van der Waals surface area contributed by atoms with Gasteiger partial charge in [0.05, 0.1) is 16.7 Å². The summed E-state index contributed by atoms with van der Waals surface area (Å²) in [6.07, 6.45) is 0.0200. The highest BCUT2D eigenvalue weighted by Gasteiger charge is 2.16. The Labute approximate surface area is 115 Å². The van der Waals surface area contributed by atoms with E-state index in [1.807, 2.05) is 0 Å². The van der Waals surface area contributed by atoms with Gasteiger partial charge in [-0.2, -0.15) is 0 Å². The molecule has 3 nitrogen and oxygen atoms in total. The van der Waals surface area contributed by atoms with E-state index in [1.54, 1.807) is 12.1 Å². The van der Waals surface area contributed by atoms with Crippen molar-refractivity contribution in [3.05, 3.63) is 27.2 Å². The summed E-state index contributed by atoms with van der Waals surface area (Å²) in [4.78, 5) is 0. The van der Waals surface area contributed by atoms with Crippen LogP contribution in [0.15, 0.2) is 12.1 Å². The van der Waals surface area contributed by atoms with Crippen LogP contribution in [0.3, 0.4) is 0 Å². The number of ether oxygens (including phenoxy) is 2. The monoisotopic (exact) mass is 295 g/mol. The van der Waals surface area contributed by atoms with E-state index in [1.165, 1.54) is 0 Å². The zero-order chi connectivity index (χ0) is 12.3. The molecule has 1 atom stereocenters. The van der Waals surface area contributed by atoms with Crippen LogP contribution in [0.1, 0.15) is 0 Å². The summed E-state index contributed by atoms with van der Waals surface area (Å²) in [7, 11) is 0. The molecule has 94 valence electrons. The largest absolute Gasteiger partial charge is 0.488 e. The molecular formula is C11H12Cl3NO2. The molecule has 1 aromatic rings. The Morgan fingerprint density at radius 3 is 2.59 bits per heavy atom. The Morgan fingerprint density at radius 1 is 1.29 bits per heavy atom. The van der Waals surface area contributed by atoms with Crippen LogP contribution in [0, 0.1) is 0 Å². The molecule has 0 aromatic heterocycles. The summed E-state index contributed by atoms with van der Waals surface area (Å²) in [6.45, 7) is 2.74. The van der Waals surface area contributed by atoms with Gasteiger partial charge in [0.2, 0.25) is 0 Å². The van der Waals surface area contributed by atoms with E-state index in [9.17, 15) is 0 Å². The highest BCUT2D eigenvalue weighted by atomic mass is 35.5. The third kappa shape index (κ3) is 3.63. The molecule has 2 rings (SSSR count). The van der Waals surface area contributed by atoms with Crippen molar-refractivity contribution in [2.45, 2.75) is 6.10 Å². The summed E-state index contributed by atoms with van der Waals surface area (Å²) in [6, 6.07) is 3.20. The molecule has 0 bridgehead atoms. The van der Waals surface area contributed by atoms with Gasteiger partial charge >= 0.3 is 0 Å². The molecule has 0 aliphatic carbocycles. The minimum absolute atomic E-state index is 0.0200. The number of hydrogen-bond acceptors (Lipinski definition) is 3. The second-order valence-corrected chi connectivity index (χ2v) is 4.96. The second kappa shape index (κ2) is 6.12. The quantitative estimate of drug-likeness (QED) is 0.930. The average Bonchev–Trinajstić information content (AvgIpc) is 2.29. The topological polar surface area (TPSA) is 30.5 Å². The van der Waals surface area contributed by atoms with Gasteiger partial charge in [0.25, 0.3) is 0 Å². The van der Waals surface area contributed by atoms with Crippen molar-refractivity contribution in [1.82, 2.24) is 5.32 Å². The Kier molecular flexibility index (Phi) is 4.77. The smallest absolute Gasteiger partial charge is 0.156 e. The lowest BCUT2D eigenvalue weighted by Crippen LogP contribution is -2.41. The van der Waals surface area contributed by atoms with Crippen molar-refractivity contribution in [2.24, 2.45) is 0 Å². The van der Waals surface area contributed by atoms with E-state index in [2.05, 4.69) is 5.32 Å². The molecule has 17 heavy (non-hydrogen) atoms. The van der Waals surface area contributed by atoms with Gasteiger partial charge in [-0.25, -0.2) is 0 Å². The normalized spacial score (nSPS) is 20.3. The first-order valence-corrected chi connectivity index (χ1v) is 6.40. The van der Waals surface area contributed by atoms with Crippen LogP contribution in [0.2, 0.25) is 15.1 Å². The lowest BCUT2D eigenvalue weighted by molar-refractivity contribution is 0.000241. The highest BCUT2D eigenvalue weighted by molar-refractivity contribution is 6.40. The number of nitrogens with one attached hydrogen (secondary N) is 1. The molecule has 0 amide bonds. The molecule has 1 aromatic carbocycles. The molecular weight excluding hydrogens is 284 g/mol. The van der Waals surface area contributed by atoms with Crippen LogP contribution in [-0.4, -0.2) is 32.4 Å². The van der Waals surface area contributed by atoms with Crippen LogP contribution >= 0.6 is 34.8 Å². The molecule has 1 aliphatic rings. The molecule has 1 unspecified atom stereocenters. The number of rotatable bonds is 3. The first-order chi connectivity index (χ1) is 8.16. The van der Waals surface area contributed by atoms with Gasteiger partial charge in [-0.15, -0.1) is 0 Å². The fourth-order valence-corrected chi connectivity index (χ4v) is 2.50. The van der Waals surface area contributed by atoms with Crippen LogP contribution in [0.5, 0.6) is 5.75 Å². The standard InChI is InChI=1S/C11H12Cl3NO2/c12-7-3-9(13)11(10(14)4-7)17-6-8-5-15-1-2-16-8/h3-4,8,15H,1-2,5-6H2. The first kappa shape index (κ1) is 13.2. The maximum absolute atomic E-state index is 6.00. The van der Waals surface area contributed by atoms with Gasteiger partial charge in [-0.1, -0.05) is 34.8 Å². The minimum atomic E-state index is 0.0200. The van der Waals surface area contributed by atoms with Crippen molar-refractivity contribution >= 4 is 34.8 Å². The van der Waals surface area contributed by atoms with Crippen molar-refractivity contribution in [3.8, 4) is 5.75 Å². The molecule has 0 radical (unpaired) electrons. The summed E-state index contributed by atoms with van der Waals surface area (Å²) in [5.41, 5.74) is 0. The number of morpholine rings is 1. The minimum Gasteiger partial charge on any atom is -0.488 e. The zero-order valence-electron chi connectivity index (χ0n) is 9.01. The second-order valence-electron chi connectivity index (χ2n) is 3.71. The van der Waals surface area contributed by atoms with Crippen LogP contribution in [0.25, 0.3) is 0 Å². The van der Waals surface area contributed by atoms with E-state index < -0.39 is 0 Å². The fraction of sp³-hybridized carbons (Fsp3) is 0.455. The van der Waals surface area contributed by atoms with E-state index in [4.69, 9.17) is 44.3 Å². The maximum Gasteiger partial charge on any atom is 0.156 e. The molecule has 1 fully saturated rings. The van der Waals surface area contributed by atoms with Crippen LogP contribution in [-0.2, 0) is 4.74 Å². The van der Waals surface area contributed by atoms with Gasteiger partial charge < -0.3 is 14.8 Å². The van der Waals surface area contributed by atoms with Crippen molar-refractivity contribution in [2.75, 3.05) is 26.3 Å². The summed E-state index contributed by atoms with van der Waals surface area (Å²) < 4.78 is 11.1. The van der Waals surface area contributed by atoms with Gasteiger partial charge in [-0.05, 0) is 12.1 Å². The van der Waals surface area contributed by atoms with Gasteiger partial charge in [0.1, 0.15) is 12.7 Å². The number of benzene rings is 1. The predicted octanol–water partition coefficient (Wildman–Crippen LogP) is 3.01. The van der Waals surface area contributed by atoms with Crippen LogP contribution < -0.4 is 10.1 Å². The van der Waals surface area contributed by atoms with E-state index >= 15 is 0 Å². The van der Waals surface area contributed by atoms with Crippen LogP contribution in [0.4, 0.5) is 0 Å². The highest BCUT2D eigenvalue weighted by Crippen LogP contribution is 2.35. The van der Waals surface area contributed by atoms with Crippen molar-refractivity contribution in [1.29, 1.82) is 0 Å². The predicted molar refractivity (Wildman–Crippen MR) is 69.6 cm³/mol. The fourth-order valence-electron chi connectivity index (χ4n) is 1.57. The number of halogens is 3. The average molecular weight is 297 g/mol. The Bertz CT molecular complexity index is 371.